The van der Waals surface area contributed by atoms with Crippen LogP contribution < -0.4 is 10.6 Å². The second-order valence-electron chi connectivity index (χ2n) is 4.15. The standard InChI is InChI=1S/C14H20N2O3S.ClH/c1-2-8-20-14-10-12(18)11(9-13(14)19)16-5-3-4-15-6-7-17;/h2,9-10,15-17H,1,3-8H2;1H. The number of thioether (sulfide) groups is 1. The number of nitrogens with one attached hydrogen (secondary N) is 2. The quantitative estimate of drug-likeness (QED) is 0.312. The first-order valence-corrected chi connectivity index (χ1v) is 7.48. The van der Waals surface area contributed by atoms with Crippen molar-refractivity contribution >= 4 is 35.7 Å². The van der Waals surface area contributed by atoms with Crippen LogP contribution >= 0.6 is 24.2 Å². The Morgan fingerprint density at radius 2 is 1.95 bits per heavy atom. The molecule has 0 saturated heterocycles. The number of rotatable bonds is 10. The highest BCUT2D eigenvalue weighted by Gasteiger charge is 2.19. The maximum atomic E-state index is 11.8. The Balaban J connectivity index is 0.00000400. The van der Waals surface area contributed by atoms with Gasteiger partial charge in [0.05, 0.1) is 17.2 Å². The summed E-state index contributed by atoms with van der Waals surface area (Å²) in [5.74, 6) is 0.301. The summed E-state index contributed by atoms with van der Waals surface area (Å²) in [6.45, 7) is 5.61. The third-order valence-electron chi connectivity index (χ3n) is 2.54. The molecule has 1 aliphatic carbocycles. The van der Waals surface area contributed by atoms with Crippen LogP contribution in [0.4, 0.5) is 0 Å². The van der Waals surface area contributed by atoms with E-state index < -0.39 is 0 Å². The van der Waals surface area contributed by atoms with Gasteiger partial charge in [0.25, 0.3) is 0 Å². The Labute approximate surface area is 135 Å². The number of aliphatic hydroxyl groups excluding tert-OH is 1. The maximum Gasteiger partial charge on any atom is 0.203 e. The fourth-order valence-corrected chi connectivity index (χ4v) is 2.27. The molecule has 0 saturated carbocycles. The van der Waals surface area contributed by atoms with Gasteiger partial charge in [-0.15, -0.1) is 30.7 Å². The van der Waals surface area contributed by atoms with E-state index in [1.54, 1.807) is 6.08 Å². The third kappa shape index (κ3) is 7.47. The topological polar surface area (TPSA) is 78.4 Å². The number of carbonyl (C=O) groups is 2. The largest absolute Gasteiger partial charge is 0.395 e. The molecule has 0 aromatic rings. The molecule has 1 rings (SSSR count). The van der Waals surface area contributed by atoms with E-state index in [1.807, 2.05) is 0 Å². The molecule has 3 N–H and O–H groups in total. The van der Waals surface area contributed by atoms with Crippen LogP contribution in [0.1, 0.15) is 6.42 Å². The predicted octanol–water partition coefficient (Wildman–Crippen LogP) is 0.809. The second kappa shape index (κ2) is 11.6. The highest BCUT2D eigenvalue weighted by atomic mass is 35.5. The van der Waals surface area contributed by atoms with E-state index in [0.29, 0.717) is 29.4 Å². The summed E-state index contributed by atoms with van der Waals surface area (Å²) in [6, 6.07) is 0. The molecule has 21 heavy (non-hydrogen) atoms. The molecule has 0 heterocycles. The Morgan fingerprint density at radius 3 is 2.62 bits per heavy atom. The minimum Gasteiger partial charge on any atom is -0.395 e. The van der Waals surface area contributed by atoms with Crippen molar-refractivity contribution in [2.75, 3.05) is 32.0 Å². The van der Waals surface area contributed by atoms with Crippen molar-refractivity contribution in [1.29, 1.82) is 0 Å². The lowest BCUT2D eigenvalue weighted by Crippen LogP contribution is -2.27. The van der Waals surface area contributed by atoms with Crippen molar-refractivity contribution in [3.8, 4) is 0 Å². The first-order valence-electron chi connectivity index (χ1n) is 6.50. The average Bonchev–Trinajstić information content (AvgIpc) is 2.44. The van der Waals surface area contributed by atoms with Gasteiger partial charge in [0.15, 0.2) is 5.78 Å². The molecule has 0 spiro atoms. The van der Waals surface area contributed by atoms with Gasteiger partial charge in [-0.05, 0) is 13.0 Å². The first-order chi connectivity index (χ1) is 9.69. The zero-order valence-electron chi connectivity index (χ0n) is 11.8. The molecule has 0 aliphatic heterocycles. The first kappa shape index (κ1) is 19.9. The van der Waals surface area contributed by atoms with Gasteiger partial charge in [-0.3, -0.25) is 9.59 Å². The lowest BCUT2D eigenvalue weighted by Gasteiger charge is -2.13. The Kier molecular flexibility index (Phi) is 11.0. The van der Waals surface area contributed by atoms with E-state index in [0.717, 1.165) is 13.0 Å². The fourth-order valence-electron chi connectivity index (χ4n) is 1.58. The van der Waals surface area contributed by atoms with E-state index in [-0.39, 0.29) is 30.6 Å². The van der Waals surface area contributed by atoms with Crippen LogP contribution in [-0.4, -0.2) is 48.7 Å². The lowest BCUT2D eigenvalue weighted by atomic mass is 10.1. The predicted molar refractivity (Wildman–Crippen MR) is 88.7 cm³/mol. The molecule has 0 radical (unpaired) electrons. The molecule has 0 atom stereocenters. The molecule has 1 aliphatic rings. The molecule has 0 unspecified atom stereocenters. The molecule has 118 valence electrons. The second-order valence-corrected chi connectivity index (χ2v) is 5.21. The zero-order valence-corrected chi connectivity index (χ0v) is 13.4. The van der Waals surface area contributed by atoms with Crippen LogP contribution in [0, 0.1) is 0 Å². The number of aliphatic hydroxyl groups is 1. The summed E-state index contributed by atoms with van der Waals surface area (Å²) in [5, 5.41) is 14.6. The Bertz CT molecular complexity index is 436. The van der Waals surface area contributed by atoms with Crippen molar-refractivity contribution < 1.29 is 14.7 Å². The SMILES string of the molecule is C=CCSC1=CC(=O)C(NCCCNCCO)=CC1=O.Cl. The van der Waals surface area contributed by atoms with Gasteiger partial charge in [-0.25, -0.2) is 0 Å². The molecule has 0 bridgehead atoms. The number of hydrogen-bond acceptors (Lipinski definition) is 6. The fraction of sp³-hybridized carbons (Fsp3) is 0.429. The average molecular weight is 333 g/mol. The molecule has 0 aromatic carbocycles. The van der Waals surface area contributed by atoms with Gasteiger partial charge in [-0.2, -0.15) is 0 Å². The Hall–Kier alpha value is -1.08. The summed E-state index contributed by atoms with van der Waals surface area (Å²) in [7, 11) is 0. The monoisotopic (exact) mass is 332 g/mol. The van der Waals surface area contributed by atoms with Gasteiger partial charge in [0.1, 0.15) is 0 Å². The van der Waals surface area contributed by atoms with Crippen molar-refractivity contribution in [2.45, 2.75) is 6.42 Å². The van der Waals surface area contributed by atoms with E-state index in [1.165, 1.54) is 23.9 Å². The summed E-state index contributed by atoms with van der Waals surface area (Å²) < 4.78 is 0. The molecule has 0 amide bonds. The summed E-state index contributed by atoms with van der Waals surface area (Å²) >= 11 is 1.32. The molecular weight excluding hydrogens is 312 g/mol. The lowest BCUT2D eigenvalue weighted by molar-refractivity contribution is -0.115. The van der Waals surface area contributed by atoms with Gasteiger partial charge in [0, 0.05) is 31.0 Å². The smallest absolute Gasteiger partial charge is 0.203 e. The number of ketones is 2. The summed E-state index contributed by atoms with van der Waals surface area (Å²) in [6.07, 6.45) is 5.23. The summed E-state index contributed by atoms with van der Waals surface area (Å²) in [4.78, 5) is 24.1. The van der Waals surface area contributed by atoms with Gasteiger partial charge < -0.3 is 15.7 Å². The highest BCUT2D eigenvalue weighted by Crippen LogP contribution is 2.21. The minimum atomic E-state index is -0.167. The Morgan fingerprint density at radius 1 is 1.19 bits per heavy atom. The zero-order chi connectivity index (χ0) is 14.8. The van der Waals surface area contributed by atoms with Crippen LogP contribution in [-0.2, 0) is 9.59 Å². The van der Waals surface area contributed by atoms with Crippen LogP contribution in [0.3, 0.4) is 0 Å². The molecule has 7 heteroatoms. The van der Waals surface area contributed by atoms with Crippen molar-refractivity contribution in [1.82, 2.24) is 10.6 Å². The summed E-state index contributed by atoms with van der Waals surface area (Å²) in [5.41, 5.74) is 0.347. The van der Waals surface area contributed by atoms with Gasteiger partial charge in [0.2, 0.25) is 5.78 Å². The number of hydrogen-bond donors (Lipinski definition) is 3. The molecule has 0 aromatic heterocycles. The van der Waals surface area contributed by atoms with E-state index >= 15 is 0 Å². The molecule has 5 nitrogen and oxygen atoms in total. The van der Waals surface area contributed by atoms with Crippen molar-refractivity contribution in [3.05, 3.63) is 35.4 Å². The van der Waals surface area contributed by atoms with Crippen LogP contribution in [0.15, 0.2) is 35.4 Å². The number of carbonyl (C=O) groups excluding carboxylic acids is 2. The van der Waals surface area contributed by atoms with Crippen molar-refractivity contribution in [2.24, 2.45) is 0 Å². The van der Waals surface area contributed by atoms with Gasteiger partial charge in [-0.1, -0.05) is 6.08 Å². The highest BCUT2D eigenvalue weighted by molar-refractivity contribution is 8.04. The van der Waals surface area contributed by atoms with Crippen LogP contribution in [0.25, 0.3) is 0 Å². The third-order valence-corrected chi connectivity index (χ3v) is 3.57. The van der Waals surface area contributed by atoms with E-state index in [9.17, 15) is 9.59 Å². The number of allylic oxidation sites excluding steroid dienone is 3. The normalized spacial score (nSPS) is 14.1. The van der Waals surface area contributed by atoms with Crippen LogP contribution in [0.5, 0.6) is 0 Å². The number of halogens is 1. The minimum absolute atomic E-state index is 0. The maximum absolute atomic E-state index is 11.8. The van der Waals surface area contributed by atoms with Crippen molar-refractivity contribution in [3.63, 3.8) is 0 Å². The molecule has 0 fully saturated rings. The van der Waals surface area contributed by atoms with Gasteiger partial charge >= 0.3 is 0 Å². The molecular formula is C14H21ClN2O3S. The van der Waals surface area contributed by atoms with Crippen LogP contribution in [0.2, 0.25) is 0 Å². The van der Waals surface area contributed by atoms with E-state index in [4.69, 9.17) is 5.11 Å². The van der Waals surface area contributed by atoms with E-state index in [2.05, 4.69) is 17.2 Å².